The summed E-state index contributed by atoms with van der Waals surface area (Å²) in [4.78, 5) is 0. The summed E-state index contributed by atoms with van der Waals surface area (Å²) in [6.45, 7) is 2.84. The van der Waals surface area contributed by atoms with E-state index in [1.165, 1.54) is 0 Å². The Morgan fingerprint density at radius 3 is 2.50 bits per heavy atom. The van der Waals surface area contributed by atoms with Crippen LogP contribution in [0.2, 0.25) is 0 Å². The molecule has 0 N–H and O–H groups in total. The summed E-state index contributed by atoms with van der Waals surface area (Å²) >= 11 is -0.306. The van der Waals surface area contributed by atoms with Gasteiger partial charge in [-0.15, -0.1) is 11.2 Å². The summed E-state index contributed by atoms with van der Waals surface area (Å²) in [6.07, 6.45) is 4.06. The molecule has 1 nitrogen and oxygen atoms in total. The zero-order valence-electron chi connectivity index (χ0n) is 4.87. The van der Waals surface area contributed by atoms with Gasteiger partial charge in [0.25, 0.3) is 0 Å². The Balaban J connectivity index is 2.27. The Morgan fingerprint density at radius 1 is 1.38 bits per heavy atom. The van der Waals surface area contributed by atoms with E-state index in [1.54, 1.807) is 0 Å². The van der Waals surface area contributed by atoms with Gasteiger partial charge < -0.3 is 4.18 Å². The summed E-state index contributed by atoms with van der Waals surface area (Å²) in [5, 5.41) is 4.19. The minimum atomic E-state index is -0.306. The van der Waals surface area contributed by atoms with Crippen LogP contribution in [0.15, 0.2) is 23.0 Å². The topological polar surface area (TPSA) is 9.23 Å². The molecule has 0 aromatic carbocycles. The Bertz CT molecular complexity index is 106. The first kappa shape index (κ1) is 5.92. The molecule has 0 saturated carbocycles. The third-order valence-corrected chi connectivity index (χ3v) is 2.34. The van der Waals surface area contributed by atoms with Crippen LogP contribution in [0.25, 0.3) is 0 Å². The van der Waals surface area contributed by atoms with Crippen LogP contribution in [-0.2, 0) is 4.18 Å². The van der Waals surface area contributed by atoms with E-state index in [0.717, 1.165) is 6.61 Å². The fourth-order valence-electron chi connectivity index (χ4n) is 0.554. The van der Waals surface area contributed by atoms with Crippen LogP contribution in [0.5, 0.6) is 0 Å². The highest BCUT2D eigenvalue weighted by Crippen LogP contribution is 2.33. The minimum absolute atomic E-state index is 0.306. The highest BCUT2D eigenvalue weighted by atomic mass is 32.2. The van der Waals surface area contributed by atoms with Gasteiger partial charge in [0.2, 0.25) is 0 Å². The fourth-order valence-corrected chi connectivity index (χ4v) is 1.66. The van der Waals surface area contributed by atoms with Crippen LogP contribution >= 0.6 is 11.2 Å². The van der Waals surface area contributed by atoms with Gasteiger partial charge >= 0.3 is 0 Å². The Kier molecular flexibility index (Phi) is 2.18. The molecule has 0 aromatic rings. The predicted octanol–water partition coefficient (Wildman–Crippen LogP) is 1.98. The van der Waals surface area contributed by atoms with Gasteiger partial charge in [-0.3, -0.25) is 0 Å². The van der Waals surface area contributed by atoms with Crippen LogP contribution < -0.4 is 0 Å². The van der Waals surface area contributed by atoms with E-state index in [-0.39, 0.29) is 11.2 Å². The predicted molar refractivity (Wildman–Crippen MR) is 38.9 cm³/mol. The number of rotatable bonds is 2. The second kappa shape index (κ2) is 2.95. The largest absolute Gasteiger partial charge is 0.332 e. The molecule has 1 heterocycles. The first-order chi connectivity index (χ1) is 3.93. The molecular formula is C6H10OS. The van der Waals surface area contributed by atoms with Crippen LogP contribution in [0.4, 0.5) is 0 Å². The molecule has 0 fully saturated rings. The zero-order chi connectivity index (χ0) is 5.82. The molecule has 0 spiro atoms. The number of thiol groups is 1. The lowest BCUT2D eigenvalue weighted by molar-refractivity contribution is 0.400. The molecular weight excluding hydrogens is 120 g/mol. The summed E-state index contributed by atoms with van der Waals surface area (Å²) in [6, 6.07) is 0. The van der Waals surface area contributed by atoms with Crippen LogP contribution in [-0.4, -0.2) is 6.61 Å². The molecule has 8 heavy (non-hydrogen) atoms. The van der Waals surface area contributed by atoms with Crippen molar-refractivity contribution >= 4 is 11.2 Å². The van der Waals surface area contributed by atoms with E-state index in [0.29, 0.717) is 0 Å². The van der Waals surface area contributed by atoms with E-state index in [2.05, 4.69) is 10.8 Å². The standard InChI is InChI=1S/C6H10OS/c1-2-7-8-5-3-4-6-8/h3-6,8H,2H2,1H3. The van der Waals surface area contributed by atoms with E-state index in [1.807, 2.05) is 19.1 Å². The molecule has 0 bridgehead atoms. The maximum atomic E-state index is 5.29. The first-order valence-electron chi connectivity index (χ1n) is 2.69. The van der Waals surface area contributed by atoms with Crippen molar-refractivity contribution in [1.82, 2.24) is 0 Å². The average Bonchev–Trinajstić information content (AvgIpc) is 2.19. The highest BCUT2D eigenvalue weighted by Gasteiger charge is 1.93. The van der Waals surface area contributed by atoms with Crippen molar-refractivity contribution in [3.8, 4) is 0 Å². The molecule has 46 valence electrons. The number of allylic oxidation sites excluding steroid dienone is 2. The van der Waals surface area contributed by atoms with Crippen LogP contribution in [0, 0.1) is 0 Å². The fraction of sp³-hybridized carbons (Fsp3) is 0.333. The molecule has 0 amide bonds. The zero-order valence-corrected chi connectivity index (χ0v) is 5.77. The molecule has 0 unspecified atom stereocenters. The van der Waals surface area contributed by atoms with Gasteiger partial charge in [-0.05, 0) is 17.7 Å². The van der Waals surface area contributed by atoms with Crippen molar-refractivity contribution < 1.29 is 4.18 Å². The van der Waals surface area contributed by atoms with E-state index < -0.39 is 0 Å². The maximum Gasteiger partial charge on any atom is 0.0569 e. The Hall–Kier alpha value is -0.210. The third kappa shape index (κ3) is 1.39. The van der Waals surface area contributed by atoms with Crippen LogP contribution in [0.3, 0.4) is 0 Å². The van der Waals surface area contributed by atoms with Crippen molar-refractivity contribution in [3.63, 3.8) is 0 Å². The monoisotopic (exact) mass is 130 g/mol. The lowest BCUT2D eigenvalue weighted by Crippen LogP contribution is -1.78. The second-order valence-corrected chi connectivity index (χ2v) is 3.03. The average molecular weight is 130 g/mol. The van der Waals surface area contributed by atoms with E-state index in [4.69, 9.17) is 4.18 Å². The first-order valence-corrected chi connectivity index (χ1v) is 4.09. The lowest BCUT2D eigenvalue weighted by Gasteiger charge is -2.06. The van der Waals surface area contributed by atoms with E-state index >= 15 is 0 Å². The Morgan fingerprint density at radius 2 is 2.00 bits per heavy atom. The van der Waals surface area contributed by atoms with Gasteiger partial charge in [-0.1, -0.05) is 12.2 Å². The van der Waals surface area contributed by atoms with Gasteiger partial charge in [-0.25, -0.2) is 0 Å². The minimum Gasteiger partial charge on any atom is -0.332 e. The lowest BCUT2D eigenvalue weighted by atomic mass is 10.6. The summed E-state index contributed by atoms with van der Waals surface area (Å²) in [7, 11) is 0. The molecule has 2 heteroatoms. The van der Waals surface area contributed by atoms with Gasteiger partial charge in [0, 0.05) is 0 Å². The molecule has 1 aliphatic rings. The summed E-state index contributed by atoms with van der Waals surface area (Å²) in [5.41, 5.74) is 0. The van der Waals surface area contributed by atoms with Crippen molar-refractivity contribution in [1.29, 1.82) is 0 Å². The molecule has 1 rings (SSSR count). The molecule has 0 radical (unpaired) electrons. The smallest absolute Gasteiger partial charge is 0.0569 e. The van der Waals surface area contributed by atoms with Gasteiger partial charge in [0.1, 0.15) is 0 Å². The van der Waals surface area contributed by atoms with Crippen molar-refractivity contribution in [2.24, 2.45) is 0 Å². The van der Waals surface area contributed by atoms with E-state index in [9.17, 15) is 0 Å². The van der Waals surface area contributed by atoms with Gasteiger partial charge in [0.15, 0.2) is 0 Å². The number of hydrogen-bond acceptors (Lipinski definition) is 1. The molecule has 0 saturated heterocycles. The second-order valence-electron chi connectivity index (χ2n) is 1.46. The van der Waals surface area contributed by atoms with Gasteiger partial charge in [-0.2, -0.15) is 0 Å². The normalized spacial score (nSPS) is 20.4. The SMILES string of the molecule is CCO[SH]1C=CC=C1. The quantitative estimate of drug-likeness (QED) is 0.562. The molecule has 0 aromatic heterocycles. The summed E-state index contributed by atoms with van der Waals surface area (Å²) < 4.78 is 5.29. The molecule has 0 aliphatic carbocycles. The van der Waals surface area contributed by atoms with Crippen molar-refractivity contribution in [2.45, 2.75) is 6.92 Å². The van der Waals surface area contributed by atoms with Gasteiger partial charge in [0.05, 0.1) is 6.61 Å². The Labute approximate surface area is 52.6 Å². The maximum absolute atomic E-state index is 5.29. The molecule has 1 aliphatic heterocycles. The third-order valence-electron chi connectivity index (χ3n) is 0.855. The summed E-state index contributed by atoms with van der Waals surface area (Å²) in [5.74, 6) is 0. The molecule has 0 atom stereocenters. The highest BCUT2D eigenvalue weighted by molar-refractivity contribution is 8.18. The number of hydrogen-bond donors (Lipinski definition) is 1. The van der Waals surface area contributed by atoms with Crippen molar-refractivity contribution in [2.75, 3.05) is 6.61 Å². The van der Waals surface area contributed by atoms with Crippen molar-refractivity contribution in [3.05, 3.63) is 23.0 Å². The van der Waals surface area contributed by atoms with Crippen LogP contribution in [0.1, 0.15) is 6.92 Å².